The van der Waals surface area contributed by atoms with Gasteiger partial charge < -0.3 is 10.4 Å². The average Bonchev–Trinajstić information content (AvgIpc) is 2.44. The van der Waals surface area contributed by atoms with Crippen LogP contribution in [0.2, 0.25) is 0 Å². The van der Waals surface area contributed by atoms with Crippen LogP contribution in [-0.4, -0.2) is 23.0 Å². The minimum absolute atomic E-state index is 0.103. The summed E-state index contributed by atoms with van der Waals surface area (Å²) in [6, 6.07) is 7.00. The summed E-state index contributed by atoms with van der Waals surface area (Å²) in [6.45, 7) is 6.17. The van der Waals surface area contributed by atoms with Gasteiger partial charge in [0.25, 0.3) is 5.91 Å². The van der Waals surface area contributed by atoms with E-state index in [0.717, 1.165) is 12.5 Å². The standard InChI is InChI=1S/C16H21NO3/c1-4-11(2)12(3)17-16(20)14-7-5-6-13(10-14)8-9-15(18)19/h5-12H,4H2,1-3H3,(H,17,20)(H,18,19). The maximum atomic E-state index is 12.1. The highest BCUT2D eigenvalue weighted by molar-refractivity contribution is 5.95. The highest BCUT2D eigenvalue weighted by atomic mass is 16.4. The van der Waals surface area contributed by atoms with Gasteiger partial charge in [0.1, 0.15) is 0 Å². The molecular weight excluding hydrogens is 254 g/mol. The lowest BCUT2D eigenvalue weighted by Gasteiger charge is -2.19. The van der Waals surface area contributed by atoms with E-state index in [1.807, 2.05) is 6.92 Å². The molecule has 108 valence electrons. The van der Waals surface area contributed by atoms with Crippen molar-refractivity contribution in [1.82, 2.24) is 5.32 Å². The third-order valence-electron chi connectivity index (χ3n) is 3.42. The van der Waals surface area contributed by atoms with Gasteiger partial charge in [-0.2, -0.15) is 0 Å². The maximum Gasteiger partial charge on any atom is 0.328 e. The summed E-state index contributed by atoms with van der Waals surface area (Å²) in [7, 11) is 0. The van der Waals surface area contributed by atoms with Gasteiger partial charge in [0.05, 0.1) is 0 Å². The van der Waals surface area contributed by atoms with Crippen LogP contribution >= 0.6 is 0 Å². The van der Waals surface area contributed by atoms with Crippen molar-refractivity contribution in [3.8, 4) is 0 Å². The Hall–Kier alpha value is -2.10. The third-order valence-corrected chi connectivity index (χ3v) is 3.42. The van der Waals surface area contributed by atoms with Gasteiger partial charge >= 0.3 is 5.97 Å². The SMILES string of the molecule is CCC(C)C(C)NC(=O)c1cccc(C=CC(=O)O)c1. The quantitative estimate of drug-likeness (QED) is 0.784. The number of rotatable bonds is 6. The van der Waals surface area contributed by atoms with E-state index < -0.39 is 5.97 Å². The molecule has 0 bridgehead atoms. The first-order valence-corrected chi connectivity index (χ1v) is 6.76. The van der Waals surface area contributed by atoms with Crippen LogP contribution in [0.4, 0.5) is 0 Å². The molecule has 1 aromatic rings. The molecule has 4 heteroatoms. The van der Waals surface area contributed by atoms with Gasteiger partial charge in [-0.3, -0.25) is 4.79 Å². The number of carbonyl (C=O) groups excluding carboxylic acids is 1. The normalized spacial score (nSPS) is 13.9. The highest BCUT2D eigenvalue weighted by Gasteiger charge is 2.14. The Labute approximate surface area is 119 Å². The Morgan fingerprint density at radius 3 is 2.65 bits per heavy atom. The Morgan fingerprint density at radius 1 is 1.35 bits per heavy atom. The van der Waals surface area contributed by atoms with Crippen LogP contribution in [0.25, 0.3) is 6.08 Å². The topological polar surface area (TPSA) is 66.4 Å². The van der Waals surface area contributed by atoms with Crippen LogP contribution < -0.4 is 5.32 Å². The third kappa shape index (κ3) is 4.88. The zero-order chi connectivity index (χ0) is 15.1. The molecule has 0 saturated carbocycles. The van der Waals surface area contributed by atoms with Crippen molar-refractivity contribution in [2.24, 2.45) is 5.92 Å². The second kappa shape index (κ2) is 7.48. The monoisotopic (exact) mass is 275 g/mol. The van der Waals surface area contributed by atoms with E-state index in [1.54, 1.807) is 24.3 Å². The highest BCUT2D eigenvalue weighted by Crippen LogP contribution is 2.10. The van der Waals surface area contributed by atoms with Crippen molar-refractivity contribution in [2.45, 2.75) is 33.2 Å². The van der Waals surface area contributed by atoms with Crippen molar-refractivity contribution < 1.29 is 14.7 Å². The fourth-order valence-electron chi connectivity index (χ4n) is 1.74. The molecule has 0 aromatic heterocycles. The summed E-state index contributed by atoms with van der Waals surface area (Å²) in [4.78, 5) is 22.6. The summed E-state index contributed by atoms with van der Waals surface area (Å²) in [5.41, 5.74) is 1.23. The summed E-state index contributed by atoms with van der Waals surface area (Å²) < 4.78 is 0. The number of carbonyl (C=O) groups is 2. The lowest BCUT2D eigenvalue weighted by Crippen LogP contribution is -2.36. The molecule has 0 aliphatic rings. The second-order valence-corrected chi connectivity index (χ2v) is 4.94. The number of hydrogen-bond donors (Lipinski definition) is 2. The molecule has 1 aromatic carbocycles. The van der Waals surface area contributed by atoms with Crippen molar-refractivity contribution >= 4 is 18.0 Å². The Kier molecular flexibility index (Phi) is 5.97. The average molecular weight is 275 g/mol. The van der Waals surface area contributed by atoms with Gasteiger partial charge in [-0.15, -0.1) is 0 Å². The smallest absolute Gasteiger partial charge is 0.328 e. The Bertz CT molecular complexity index is 508. The predicted octanol–water partition coefficient (Wildman–Crippen LogP) is 2.95. The number of carboxylic acid groups (broad SMARTS) is 1. The molecule has 1 rings (SSSR count). The van der Waals surface area contributed by atoms with Crippen LogP contribution in [-0.2, 0) is 4.79 Å². The van der Waals surface area contributed by atoms with E-state index >= 15 is 0 Å². The molecule has 2 atom stereocenters. The largest absolute Gasteiger partial charge is 0.478 e. The molecule has 0 saturated heterocycles. The van der Waals surface area contributed by atoms with E-state index in [2.05, 4.69) is 19.2 Å². The number of carboxylic acids is 1. The lowest BCUT2D eigenvalue weighted by molar-refractivity contribution is -0.131. The van der Waals surface area contributed by atoms with Crippen molar-refractivity contribution in [2.75, 3.05) is 0 Å². The summed E-state index contributed by atoms with van der Waals surface area (Å²) >= 11 is 0. The van der Waals surface area contributed by atoms with Crippen LogP contribution in [0.15, 0.2) is 30.3 Å². The van der Waals surface area contributed by atoms with Gasteiger partial charge in [0.15, 0.2) is 0 Å². The van der Waals surface area contributed by atoms with E-state index in [1.165, 1.54) is 6.08 Å². The van der Waals surface area contributed by atoms with Gasteiger partial charge in [-0.05, 0) is 36.6 Å². The molecule has 0 fully saturated rings. The number of aliphatic carboxylic acids is 1. The van der Waals surface area contributed by atoms with E-state index in [0.29, 0.717) is 17.0 Å². The fourth-order valence-corrected chi connectivity index (χ4v) is 1.74. The van der Waals surface area contributed by atoms with Crippen molar-refractivity contribution in [1.29, 1.82) is 0 Å². The molecule has 0 spiro atoms. The Balaban J connectivity index is 2.78. The first kappa shape index (κ1) is 16.0. The van der Waals surface area contributed by atoms with E-state index in [-0.39, 0.29) is 11.9 Å². The Morgan fingerprint density at radius 2 is 2.05 bits per heavy atom. The predicted molar refractivity (Wildman–Crippen MR) is 79.5 cm³/mol. The number of amides is 1. The molecule has 0 heterocycles. The van der Waals surface area contributed by atoms with Crippen LogP contribution in [0, 0.1) is 5.92 Å². The van der Waals surface area contributed by atoms with E-state index in [4.69, 9.17) is 5.11 Å². The van der Waals surface area contributed by atoms with Gasteiger partial charge in [0.2, 0.25) is 0 Å². The minimum Gasteiger partial charge on any atom is -0.478 e. The van der Waals surface area contributed by atoms with Gasteiger partial charge in [-0.1, -0.05) is 32.4 Å². The number of hydrogen-bond acceptors (Lipinski definition) is 2. The summed E-state index contributed by atoms with van der Waals surface area (Å²) in [5.74, 6) is -0.734. The molecule has 0 aliphatic heterocycles. The number of nitrogens with one attached hydrogen (secondary N) is 1. The molecule has 4 nitrogen and oxygen atoms in total. The maximum absolute atomic E-state index is 12.1. The summed E-state index contributed by atoms with van der Waals surface area (Å²) in [5, 5.41) is 11.6. The first-order chi connectivity index (χ1) is 9.43. The van der Waals surface area contributed by atoms with Gasteiger partial charge in [0, 0.05) is 17.7 Å². The minimum atomic E-state index is -1.01. The molecule has 0 radical (unpaired) electrons. The molecule has 0 aliphatic carbocycles. The molecule has 1 amide bonds. The van der Waals surface area contributed by atoms with Gasteiger partial charge in [-0.25, -0.2) is 4.79 Å². The first-order valence-electron chi connectivity index (χ1n) is 6.76. The zero-order valence-corrected chi connectivity index (χ0v) is 12.1. The van der Waals surface area contributed by atoms with Crippen molar-refractivity contribution in [3.05, 3.63) is 41.5 Å². The van der Waals surface area contributed by atoms with Crippen LogP contribution in [0.5, 0.6) is 0 Å². The molecule has 2 unspecified atom stereocenters. The molecule has 20 heavy (non-hydrogen) atoms. The second-order valence-electron chi connectivity index (χ2n) is 4.94. The van der Waals surface area contributed by atoms with E-state index in [9.17, 15) is 9.59 Å². The summed E-state index contributed by atoms with van der Waals surface area (Å²) in [6.07, 6.45) is 3.53. The number of benzene rings is 1. The zero-order valence-electron chi connectivity index (χ0n) is 12.1. The van der Waals surface area contributed by atoms with Crippen molar-refractivity contribution in [3.63, 3.8) is 0 Å². The fraction of sp³-hybridized carbons (Fsp3) is 0.375. The van der Waals surface area contributed by atoms with Crippen LogP contribution in [0.3, 0.4) is 0 Å². The lowest BCUT2D eigenvalue weighted by atomic mass is 10.0. The molecular formula is C16H21NO3. The van der Waals surface area contributed by atoms with Crippen LogP contribution in [0.1, 0.15) is 43.1 Å². The molecule has 2 N–H and O–H groups in total.